The smallest absolute Gasteiger partial charge is 0.143 e. The number of fused-ring (bicyclic) bond motifs is 1. The second-order valence-corrected chi connectivity index (χ2v) is 12.1. The summed E-state index contributed by atoms with van der Waals surface area (Å²) in [5.74, 6) is 6.59. The zero-order chi connectivity index (χ0) is 19.7. The number of nitrogens with one attached hydrogen (secondary N) is 2. The topological polar surface area (TPSA) is 44.5 Å². The fraction of sp³-hybridized carbons (Fsp3) is 0.963. The van der Waals surface area contributed by atoms with Gasteiger partial charge in [0.1, 0.15) is 5.82 Å². The first-order valence-corrected chi connectivity index (χ1v) is 13.2. The number of nitrogens with zero attached hydrogens (tertiary/aromatic N) is 1. The maximum Gasteiger partial charge on any atom is 0.143 e. The highest BCUT2D eigenvalue weighted by atomic mass is 15.4. The molecule has 5 saturated carbocycles. The van der Waals surface area contributed by atoms with Crippen molar-refractivity contribution < 1.29 is 0 Å². The quantitative estimate of drug-likeness (QED) is 0.446. The molecule has 3 nitrogen and oxygen atoms in total. The van der Waals surface area contributed by atoms with Gasteiger partial charge in [-0.1, -0.05) is 53.4 Å². The van der Waals surface area contributed by atoms with Crippen molar-refractivity contribution in [3.8, 4) is 0 Å². The highest BCUT2D eigenvalue weighted by Crippen LogP contribution is 2.92. The molecule has 5 aliphatic carbocycles. The van der Waals surface area contributed by atoms with Gasteiger partial charge in [0.05, 0.1) is 0 Å². The average molecular weight is 414 g/mol. The zero-order valence-electron chi connectivity index (χ0n) is 18.9. The molecule has 0 aromatic carbocycles. The molecular weight excluding hydrogens is 366 g/mol. The lowest BCUT2D eigenvalue weighted by molar-refractivity contribution is 0.0273. The second kappa shape index (κ2) is 7.41. The first-order valence-electron chi connectivity index (χ1n) is 13.2. The van der Waals surface area contributed by atoms with Gasteiger partial charge in [0, 0.05) is 6.42 Å². The number of aromatic amines is 2. The van der Waals surface area contributed by atoms with Crippen molar-refractivity contribution in [3.63, 3.8) is 0 Å². The lowest BCUT2D eigenvalue weighted by atomic mass is 9.59. The standard InChI is InChI=1S/C26H43N3.CH4/c1-3-18-17-26-21-13-12-19(9-5-4-6-11-23-27-29-28-23)24(21,2)16-14-22(26)25(26)15-8-7-10-20(18)25;/h18-22,29H,3-17H2,1-2H3,(H,27,28);1H4/t18-,19?,20?,21?,22?,24?,25?,26?;/m0./s1. The number of rotatable bonds is 7. The molecule has 170 valence electrons. The molecule has 3 heteroatoms. The number of hydrogen-bond acceptors (Lipinski definition) is 1. The summed E-state index contributed by atoms with van der Waals surface area (Å²) in [5, 5.41) is 10.0. The van der Waals surface area contributed by atoms with Crippen LogP contribution < -0.4 is 0 Å². The molecule has 2 spiro atoms. The van der Waals surface area contributed by atoms with E-state index in [4.69, 9.17) is 0 Å². The Hall–Kier alpha value is -0.730. The highest BCUT2D eigenvalue weighted by Gasteiger charge is 2.86. The van der Waals surface area contributed by atoms with Crippen molar-refractivity contribution >= 4 is 0 Å². The van der Waals surface area contributed by atoms with Crippen LogP contribution in [0, 0.1) is 45.8 Å². The van der Waals surface area contributed by atoms with Gasteiger partial charge in [-0.3, -0.25) is 5.10 Å². The Balaban J connectivity index is 0.00000193. The van der Waals surface area contributed by atoms with Crippen LogP contribution in [0.5, 0.6) is 0 Å². The number of unbranched alkanes of at least 4 members (excludes halogenated alkanes) is 2. The molecule has 0 aliphatic heterocycles. The van der Waals surface area contributed by atoms with Gasteiger partial charge in [-0.15, -0.1) is 5.10 Å². The van der Waals surface area contributed by atoms with Crippen LogP contribution in [0.25, 0.3) is 0 Å². The van der Waals surface area contributed by atoms with E-state index in [1.54, 1.807) is 51.4 Å². The summed E-state index contributed by atoms with van der Waals surface area (Å²) in [6.45, 7) is 5.27. The molecule has 0 bridgehead atoms. The van der Waals surface area contributed by atoms with Gasteiger partial charge < -0.3 is 0 Å². The average Bonchev–Trinajstić information content (AvgIpc) is 2.95. The van der Waals surface area contributed by atoms with E-state index in [1.165, 1.54) is 38.5 Å². The van der Waals surface area contributed by atoms with E-state index in [9.17, 15) is 0 Å². The summed E-state index contributed by atoms with van der Waals surface area (Å²) in [6.07, 6.45) is 22.4. The largest absolute Gasteiger partial charge is 0.270 e. The Morgan fingerprint density at radius 1 is 0.967 bits per heavy atom. The van der Waals surface area contributed by atoms with Crippen molar-refractivity contribution in [3.05, 3.63) is 5.82 Å². The molecule has 1 aromatic heterocycles. The van der Waals surface area contributed by atoms with E-state index < -0.39 is 0 Å². The number of hydrogen-bond donors (Lipinski definition) is 2. The predicted octanol–water partition coefficient (Wildman–Crippen LogP) is 7.53. The Labute approximate surface area is 184 Å². The minimum absolute atomic E-state index is 0. The van der Waals surface area contributed by atoms with Crippen LogP contribution in [-0.2, 0) is 6.42 Å². The maximum absolute atomic E-state index is 4.15. The van der Waals surface area contributed by atoms with Crippen molar-refractivity contribution in [2.45, 2.75) is 118 Å². The summed E-state index contributed by atoms with van der Waals surface area (Å²) in [6, 6.07) is 0. The van der Waals surface area contributed by atoms with E-state index in [1.807, 2.05) is 0 Å². The predicted molar refractivity (Wildman–Crippen MR) is 124 cm³/mol. The molecule has 5 fully saturated rings. The third-order valence-corrected chi connectivity index (χ3v) is 11.7. The maximum atomic E-state index is 4.15. The molecule has 6 rings (SSSR count). The molecule has 0 radical (unpaired) electrons. The van der Waals surface area contributed by atoms with Gasteiger partial charge in [0.2, 0.25) is 0 Å². The van der Waals surface area contributed by atoms with E-state index in [0.29, 0.717) is 5.41 Å². The summed E-state index contributed by atoms with van der Waals surface area (Å²) in [5.41, 5.74) is 2.31. The fourth-order valence-electron chi connectivity index (χ4n) is 10.8. The Bertz CT molecular complexity index is 726. The van der Waals surface area contributed by atoms with Gasteiger partial charge >= 0.3 is 0 Å². The normalized spacial score (nSPS) is 48.4. The lowest BCUT2D eigenvalue weighted by Crippen LogP contribution is -2.39. The van der Waals surface area contributed by atoms with Gasteiger partial charge in [0.25, 0.3) is 0 Å². The molecule has 8 atom stereocenters. The molecule has 5 aliphatic rings. The first-order chi connectivity index (χ1) is 14.2. The second-order valence-electron chi connectivity index (χ2n) is 12.1. The van der Waals surface area contributed by atoms with Gasteiger partial charge in [-0.05, 0) is 104 Å². The molecule has 1 aromatic rings. The van der Waals surface area contributed by atoms with E-state index in [0.717, 1.165) is 52.7 Å². The molecule has 2 N–H and O–H groups in total. The summed E-state index contributed by atoms with van der Waals surface area (Å²) >= 11 is 0. The Morgan fingerprint density at radius 2 is 1.83 bits per heavy atom. The van der Waals surface area contributed by atoms with Gasteiger partial charge in [-0.25, -0.2) is 5.21 Å². The number of H-pyrrole nitrogens is 2. The van der Waals surface area contributed by atoms with Crippen LogP contribution >= 0.6 is 0 Å². The monoisotopic (exact) mass is 413 g/mol. The molecule has 0 saturated heterocycles. The van der Waals surface area contributed by atoms with Crippen molar-refractivity contribution in [2.75, 3.05) is 0 Å². The Kier molecular flexibility index (Phi) is 5.22. The van der Waals surface area contributed by atoms with E-state index >= 15 is 0 Å². The third-order valence-electron chi connectivity index (χ3n) is 11.7. The van der Waals surface area contributed by atoms with Crippen LogP contribution in [0.15, 0.2) is 0 Å². The fourth-order valence-corrected chi connectivity index (χ4v) is 10.8. The molecule has 1 heterocycles. The van der Waals surface area contributed by atoms with Crippen molar-refractivity contribution in [1.82, 2.24) is 15.4 Å². The number of aromatic nitrogens is 3. The third kappa shape index (κ3) is 2.53. The van der Waals surface area contributed by atoms with Gasteiger partial charge in [0.15, 0.2) is 0 Å². The number of aryl methyl sites for hydroxylation is 1. The van der Waals surface area contributed by atoms with Crippen LogP contribution in [0.2, 0.25) is 0 Å². The van der Waals surface area contributed by atoms with Crippen LogP contribution in [0.4, 0.5) is 0 Å². The van der Waals surface area contributed by atoms with Crippen LogP contribution in [0.1, 0.15) is 117 Å². The highest BCUT2D eigenvalue weighted by molar-refractivity contribution is 5.34. The molecular formula is C27H47N3. The van der Waals surface area contributed by atoms with Crippen LogP contribution in [0.3, 0.4) is 0 Å². The van der Waals surface area contributed by atoms with E-state index in [-0.39, 0.29) is 7.43 Å². The summed E-state index contributed by atoms with van der Waals surface area (Å²) in [7, 11) is 0. The first kappa shape index (κ1) is 21.1. The lowest BCUT2D eigenvalue weighted by Gasteiger charge is -2.46. The Morgan fingerprint density at radius 3 is 2.60 bits per heavy atom. The van der Waals surface area contributed by atoms with Crippen LogP contribution in [-0.4, -0.2) is 15.4 Å². The van der Waals surface area contributed by atoms with E-state index in [2.05, 4.69) is 29.3 Å². The SMILES string of the molecule is C.CC[C@H]1CC23C4CCC(CCCCCc5n[nH][nH]5)C4(C)CCC2C32CCCCC12. The van der Waals surface area contributed by atoms with Crippen molar-refractivity contribution in [2.24, 2.45) is 45.8 Å². The molecule has 0 amide bonds. The molecule has 7 unspecified atom stereocenters. The molecule has 30 heavy (non-hydrogen) atoms. The zero-order valence-corrected chi connectivity index (χ0v) is 18.9. The minimum atomic E-state index is 0. The summed E-state index contributed by atoms with van der Waals surface area (Å²) in [4.78, 5) is 0. The van der Waals surface area contributed by atoms with Gasteiger partial charge in [-0.2, -0.15) is 0 Å². The van der Waals surface area contributed by atoms with Crippen molar-refractivity contribution in [1.29, 1.82) is 0 Å². The minimum Gasteiger partial charge on any atom is -0.270 e. The summed E-state index contributed by atoms with van der Waals surface area (Å²) < 4.78 is 0.